The van der Waals surface area contributed by atoms with Gasteiger partial charge in [0.1, 0.15) is 0 Å². The minimum absolute atomic E-state index is 0.297. The van der Waals surface area contributed by atoms with Crippen LogP contribution >= 0.6 is 0 Å². The van der Waals surface area contributed by atoms with E-state index in [2.05, 4.69) is 10.0 Å². The van der Waals surface area contributed by atoms with Gasteiger partial charge >= 0.3 is 0 Å². The standard InChI is InChI=1S/C16H26N2O3S/c1-12-8-13(2)15(14(3)9-12)22(19,20)18-10-16(11-21-4)6-5-7-17-16/h8-9,17-18H,5-7,10-11H2,1-4H3. The SMILES string of the molecule is COCC1(CNS(=O)(=O)c2c(C)cc(C)cc2C)CCCN1. The van der Waals surface area contributed by atoms with Gasteiger partial charge in [-0.05, 0) is 51.3 Å². The summed E-state index contributed by atoms with van der Waals surface area (Å²) < 4.78 is 33.5. The number of rotatable bonds is 6. The Labute approximate surface area is 133 Å². The van der Waals surface area contributed by atoms with Gasteiger partial charge in [-0.25, -0.2) is 13.1 Å². The summed E-state index contributed by atoms with van der Waals surface area (Å²) in [6.45, 7) is 7.39. The molecule has 0 spiro atoms. The molecule has 1 aromatic carbocycles. The third kappa shape index (κ3) is 3.68. The largest absolute Gasteiger partial charge is 0.383 e. The quantitative estimate of drug-likeness (QED) is 0.834. The molecule has 0 aromatic heterocycles. The lowest BCUT2D eigenvalue weighted by Crippen LogP contribution is -2.53. The lowest BCUT2D eigenvalue weighted by molar-refractivity contribution is 0.122. The molecule has 1 unspecified atom stereocenters. The molecule has 1 atom stereocenters. The number of hydrogen-bond acceptors (Lipinski definition) is 4. The van der Waals surface area contributed by atoms with E-state index in [1.54, 1.807) is 7.11 Å². The van der Waals surface area contributed by atoms with Crippen molar-refractivity contribution < 1.29 is 13.2 Å². The molecule has 2 N–H and O–H groups in total. The molecule has 22 heavy (non-hydrogen) atoms. The zero-order valence-electron chi connectivity index (χ0n) is 13.8. The van der Waals surface area contributed by atoms with Crippen molar-refractivity contribution in [3.05, 3.63) is 28.8 Å². The van der Waals surface area contributed by atoms with Crippen LogP contribution in [-0.2, 0) is 14.8 Å². The lowest BCUT2D eigenvalue weighted by Gasteiger charge is -2.29. The number of methoxy groups -OCH3 is 1. The minimum atomic E-state index is -3.53. The third-order valence-corrected chi connectivity index (χ3v) is 5.93. The maximum Gasteiger partial charge on any atom is 0.241 e. The fraction of sp³-hybridized carbons (Fsp3) is 0.625. The molecular formula is C16H26N2O3S. The predicted octanol–water partition coefficient (Wildman–Crippen LogP) is 1.66. The van der Waals surface area contributed by atoms with Crippen LogP contribution in [0.5, 0.6) is 0 Å². The van der Waals surface area contributed by atoms with Gasteiger partial charge in [0, 0.05) is 13.7 Å². The zero-order chi connectivity index (χ0) is 16.4. The van der Waals surface area contributed by atoms with Gasteiger partial charge in [-0.1, -0.05) is 17.7 Å². The first-order valence-corrected chi connectivity index (χ1v) is 9.09. The molecule has 0 radical (unpaired) electrons. The van der Waals surface area contributed by atoms with Crippen molar-refractivity contribution in [2.75, 3.05) is 26.8 Å². The molecule has 1 aliphatic heterocycles. The smallest absolute Gasteiger partial charge is 0.241 e. The van der Waals surface area contributed by atoms with E-state index in [-0.39, 0.29) is 5.54 Å². The van der Waals surface area contributed by atoms with Crippen molar-refractivity contribution in [1.29, 1.82) is 0 Å². The molecule has 2 rings (SSSR count). The molecule has 5 nitrogen and oxygen atoms in total. The van der Waals surface area contributed by atoms with Gasteiger partial charge in [0.15, 0.2) is 0 Å². The second-order valence-corrected chi connectivity index (χ2v) is 8.00. The van der Waals surface area contributed by atoms with E-state index in [0.717, 1.165) is 36.1 Å². The van der Waals surface area contributed by atoms with E-state index in [1.165, 1.54) is 0 Å². The average Bonchev–Trinajstić information content (AvgIpc) is 2.84. The first kappa shape index (κ1) is 17.4. The molecule has 1 heterocycles. The van der Waals surface area contributed by atoms with E-state index in [1.807, 2.05) is 32.9 Å². The van der Waals surface area contributed by atoms with Crippen LogP contribution in [-0.4, -0.2) is 40.8 Å². The molecule has 124 valence electrons. The van der Waals surface area contributed by atoms with Crippen molar-refractivity contribution in [1.82, 2.24) is 10.0 Å². The Morgan fingerprint density at radius 3 is 2.41 bits per heavy atom. The van der Waals surface area contributed by atoms with Crippen LogP contribution in [0, 0.1) is 20.8 Å². The summed E-state index contributed by atoms with van der Waals surface area (Å²) in [5.74, 6) is 0. The number of benzene rings is 1. The first-order valence-electron chi connectivity index (χ1n) is 7.61. The second kappa shape index (κ2) is 6.66. The fourth-order valence-electron chi connectivity index (χ4n) is 3.37. The molecule has 0 bridgehead atoms. The van der Waals surface area contributed by atoms with Crippen LogP contribution in [0.3, 0.4) is 0 Å². The van der Waals surface area contributed by atoms with E-state index in [9.17, 15) is 8.42 Å². The van der Waals surface area contributed by atoms with Gasteiger partial charge in [0.05, 0.1) is 17.0 Å². The highest BCUT2D eigenvalue weighted by molar-refractivity contribution is 7.89. The maximum absolute atomic E-state index is 12.7. The molecule has 1 fully saturated rings. The van der Waals surface area contributed by atoms with Gasteiger partial charge in [0.25, 0.3) is 0 Å². The van der Waals surface area contributed by atoms with Gasteiger partial charge in [-0.2, -0.15) is 0 Å². The normalized spacial score (nSPS) is 22.2. The average molecular weight is 326 g/mol. The number of sulfonamides is 1. The third-order valence-electron chi connectivity index (χ3n) is 4.23. The van der Waals surface area contributed by atoms with E-state index in [4.69, 9.17) is 4.74 Å². The maximum atomic E-state index is 12.7. The van der Waals surface area contributed by atoms with Gasteiger partial charge in [-0.15, -0.1) is 0 Å². The molecular weight excluding hydrogens is 300 g/mol. The molecule has 1 saturated heterocycles. The Morgan fingerprint density at radius 1 is 1.27 bits per heavy atom. The summed E-state index contributed by atoms with van der Waals surface area (Å²) in [5.41, 5.74) is 2.34. The summed E-state index contributed by atoms with van der Waals surface area (Å²) in [6.07, 6.45) is 1.95. The Balaban J connectivity index is 2.21. The summed E-state index contributed by atoms with van der Waals surface area (Å²) in [7, 11) is -1.88. The Morgan fingerprint density at radius 2 is 1.91 bits per heavy atom. The van der Waals surface area contributed by atoms with Crippen LogP contribution in [0.15, 0.2) is 17.0 Å². The van der Waals surface area contributed by atoms with Gasteiger partial charge < -0.3 is 10.1 Å². The number of ether oxygens (including phenoxy) is 1. The highest BCUT2D eigenvalue weighted by Crippen LogP contribution is 2.23. The van der Waals surface area contributed by atoms with Crippen molar-refractivity contribution in [3.63, 3.8) is 0 Å². The Bertz CT molecular complexity index is 612. The van der Waals surface area contributed by atoms with Crippen LogP contribution in [0.4, 0.5) is 0 Å². The Hall–Kier alpha value is -0.950. The van der Waals surface area contributed by atoms with Crippen molar-refractivity contribution in [2.24, 2.45) is 0 Å². The van der Waals surface area contributed by atoms with Crippen LogP contribution < -0.4 is 10.0 Å². The van der Waals surface area contributed by atoms with Crippen LogP contribution in [0.25, 0.3) is 0 Å². The number of aryl methyl sites for hydroxylation is 3. The topological polar surface area (TPSA) is 67.4 Å². The summed E-state index contributed by atoms with van der Waals surface area (Å²) in [6, 6.07) is 3.81. The van der Waals surface area contributed by atoms with E-state index in [0.29, 0.717) is 18.0 Å². The molecule has 1 aromatic rings. The number of hydrogen-bond donors (Lipinski definition) is 2. The molecule has 6 heteroatoms. The monoisotopic (exact) mass is 326 g/mol. The van der Waals surface area contributed by atoms with Crippen molar-refractivity contribution in [3.8, 4) is 0 Å². The summed E-state index contributed by atoms with van der Waals surface area (Å²) >= 11 is 0. The first-order chi connectivity index (χ1) is 10.3. The number of nitrogens with one attached hydrogen (secondary N) is 2. The molecule has 1 aliphatic rings. The summed E-state index contributed by atoms with van der Waals surface area (Å²) in [4.78, 5) is 0.392. The van der Waals surface area contributed by atoms with Crippen LogP contribution in [0.2, 0.25) is 0 Å². The predicted molar refractivity (Wildman–Crippen MR) is 87.7 cm³/mol. The van der Waals surface area contributed by atoms with Crippen molar-refractivity contribution in [2.45, 2.75) is 44.0 Å². The molecule has 0 aliphatic carbocycles. The Kier molecular flexibility index (Phi) is 5.27. The van der Waals surface area contributed by atoms with Crippen molar-refractivity contribution >= 4 is 10.0 Å². The molecule has 0 saturated carbocycles. The molecule has 0 amide bonds. The zero-order valence-corrected chi connectivity index (χ0v) is 14.6. The summed E-state index contributed by atoms with van der Waals surface area (Å²) in [5, 5.41) is 3.38. The highest BCUT2D eigenvalue weighted by atomic mass is 32.2. The van der Waals surface area contributed by atoms with E-state index >= 15 is 0 Å². The van der Waals surface area contributed by atoms with E-state index < -0.39 is 10.0 Å². The fourth-order valence-corrected chi connectivity index (χ4v) is 4.94. The second-order valence-electron chi connectivity index (χ2n) is 6.30. The lowest BCUT2D eigenvalue weighted by atomic mass is 9.99. The van der Waals surface area contributed by atoms with Gasteiger partial charge in [0.2, 0.25) is 10.0 Å². The van der Waals surface area contributed by atoms with Gasteiger partial charge in [-0.3, -0.25) is 0 Å². The minimum Gasteiger partial charge on any atom is -0.383 e. The van der Waals surface area contributed by atoms with Crippen LogP contribution in [0.1, 0.15) is 29.5 Å². The highest BCUT2D eigenvalue weighted by Gasteiger charge is 2.35.